The summed E-state index contributed by atoms with van der Waals surface area (Å²) < 4.78 is 40.9. The molecule has 10 nitrogen and oxygen atoms in total. The number of pyridine rings is 2. The SMILES string of the molecule is CC(C)C1(c2ccc(CC(NS(=O)(=O)c3cccnc3)c3cccc(N(CC(=O)OC(C)(C)C)C(=O)OC(C)(C)C)n3)cc2)CC1. The molecule has 3 aromatic rings. The van der Waals surface area contributed by atoms with Crippen LogP contribution in [-0.2, 0) is 36.1 Å². The molecule has 1 aliphatic carbocycles. The minimum atomic E-state index is -4.01. The number of hydrogen-bond donors (Lipinski definition) is 1. The standard InChI is InChI=1S/C35H46N4O6S/c1-24(2)35(18-19-35)26-16-14-25(15-17-26)21-29(38-46(42,43)27-11-10-20-36-22-27)28-12-9-13-30(37-28)39(32(41)45-34(6,7)8)23-31(40)44-33(3,4)5/h9-17,20,22,24,29,38H,18-19,21,23H2,1-8H3. The molecule has 1 atom stereocenters. The summed E-state index contributed by atoms with van der Waals surface area (Å²) in [6, 6.07) is 15.4. The Hall–Kier alpha value is -3.83. The second-order valence-electron chi connectivity index (χ2n) is 14.1. The van der Waals surface area contributed by atoms with Gasteiger partial charge in [-0.1, -0.05) is 44.2 Å². The van der Waals surface area contributed by atoms with Crippen molar-refractivity contribution in [1.82, 2.24) is 14.7 Å². The van der Waals surface area contributed by atoms with Crippen molar-refractivity contribution in [3.8, 4) is 0 Å². The number of esters is 1. The molecule has 248 valence electrons. The van der Waals surface area contributed by atoms with Crippen LogP contribution < -0.4 is 9.62 Å². The van der Waals surface area contributed by atoms with Crippen LogP contribution in [0.15, 0.2) is 71.9 Å². The number of carbonyl (C=O) groups is 2. The molecule has 46 heavy (non-hydrogen) atoms. The normalized spacial score (nSPS) is 15.2. The summed E-state index contributed by atoms with van der Waals surface area (Å²) >= 11 is 0. The highest BCUT2D eigenvalue weighted by Crippen LogP contribution is 2.53. The Labute approximate surface area is 273 Å². The highest BCUT2D eigenvalue weighted by molar-refractivity contribution is 7.89. The van der Waals surface area contributed by atoms with E-state index < -0.39 is 45.9 Å². The smallest absolute Gasteiger partial charge is 0.416 e. The zero-order valence-corrected chi connectivity index (χ0v) is 28.8. The topological polar surface area (TPSA) is 128 Å². The van der Waals surface area contributed by atoms with Gasteiger partial charge in [0.25, 0.3) is 0 Å². The van der Waals surface area contributed by atoms with Gasteiger partial charge in [0.2, 0.25) is 10.0 Å². The fourth-order valence-corrected chi connectivity index (χ4v) is 6.53. The average molecular weight is 651 g/mol. The Morgan fingerprint density at radius 3 is 2.13 bits per heavy atom. The van der Waals surface area contributed by atoms with E-state index in [4.69, 9.17) is 14.5 Å². The molecular formula is C35H46N4O6S. The molecule has 0 saturated heterocycles. The van der Waals surface area contributed by atoms with Crippen LogP contribution in [-0.4, -0.2) is 48.2 Å². The van der Waals surface area contributed by atoms with E-state index in [1.165, 1.54) is 24.0 Å². The van der Waals surface area contributed by atoms with Crippen LogP contribution in [0.2, 0.25) is 0 Å². The van der Waals surface area contributed by atoms with Gasteiger partial charge < -0.3 is 9.47 Å². The van der Waals surface area contributed by atoms with Crippen molar-refractivity contribution >= 4 is 27.9 Å². The van der Waals surface area contributed by atoms with Gasteiger partial charge in [-0.2, -0.15) is 0 Å². The number of rotatable bonds is 11. The lowest BCUT2D eigenvalue weighted by Gasteiger charge is -2.28. The van der Waals surface area contributed by atoms with Crippen molar-refractivity contribution in [2.45, 2.75) is 102 Å². The molecule has 0 aliphatic heterocycles. The largest absolute Gasteiger partial charge is 0.459 e. The highest BCUT2D eigenvalue weighted by Gasteiger charge is 2.46. The number of ether oxygens (including phenoxy) is 2. The highest BCUT2D eigenvalue weighted by atomic mass is 32.2. The number of anilines is 1. The summed E-state index contributed by atoms with van der Waals surface area (Å²) in [7, 11) is -4.01. The number of aromatic nitrogens is 2. The molecule has 0 radical (unpaired) electrons. The van der Waals surface area contributed by atoms with Crippen LogP contribution in [0.5, 0.6) is 0 Å². The van der Waals surface area contributed by atoms with Gasteiger partial charge in [0, 0.05) is 12.4 Å². The molecule has 1 fully saturated rings. The van der Waals surface area contributed by atoms with E-state index in [1.54, 1.807) is 65.8 Å². The summed E-state index contributed by atoms with van der Waals surface area (Å²) in [4.78, 5) is 36.0. The van der Waals surface area contributed by atoms with Crippen molar-refractivity contribution in [2.75, 3.05) is 11.4 Å². The molecule has 0 bridgehead atoms. The molecule has 2 aromatic heterocycles. The van der Waals surface area contributed by atoms with Gasteiger partial charge in [-0.3, -0.25) is 14.7 Å². The van der Waals surface area contributed by atoms with Crippen LogP contribution in [0.25, 0.3) is 0 Å². The van der Waals surface area contributed by atoms with E-state index in [9.17, 15) is 18.0 Å². The maximum absolute atomic E-state index is 13.5. The molecule has 1 amide bonds. The molecule has 2 heterocycles. The first-order valence-corrected chi connectivity index (χ1v) is 17.1. The number of hydrogen-bond acceptors (Lipinski definition) is 8. The van der Waals surface area contributed by atoms with E-state index in [1.807, 2.05) is 12.1 Å². The predicted molar refractivity (Wildman–Crippen MR) is 177 cm³/mol. The van der Waals surface area contributed by atoms with Gasteiger partial charge in [-0.05, 0) is 108 Å². The van der Waals surface area contributed by atoms with Crippen molar-refractivity contribution < 1.29 is 27.5 Å². The van der Waals surface area contributed by atoms with Crippen LogP contribution in [0, 0.1) is 5.92 Å². The summed E-state index contributed by atoms with van der Waals surface area (Å²) in [5.74, 6) is -0.00150. The number of sulfonamides is 1. The van der Waals surface area contributed by atoms with Crippen LogP contribution in [0.3, 0.4) is 0 Å². The van der Waals surface area contributed by atoms with Crippen molar-refractivity contribution in [3.05, 3.63) is 83.8 Å². The van der Waals surface area contributed by atoms with Gasteiger partial charge >= 0.3 is 12.1 Å². The maximum Gasteiger partial charge on any atom is 0.416 e. The minimum absolute atomic E-state index is 0.0134. The Balaban J connectivity index is 1.71. The van der Waals surface area contributed by atoms with E-state index in [2.05, 4.69) is 35.7 Å². The van der Waals surface area contributed by atoms with E-state index in [0.717, 1.165) is 23.3 Å². The number of nitrogens with one attached hydrogen (secondary N) is 1. The van der Waals surface area contributed by atoms with Gasteiger partial charge in [0.15, 0.2) is 0 Å². The zero-order valence-electron chi connectivity index (χ0n) is 28.0. The fraction of sp³-hybridized carbons (Fsp3) is 0.486. The molecule has 4 rings (SSSR count). The van der Waals surface area contributed by atoms with Gasteiger partial charge in [-0.25, -0.2) is 22.9 Å². The molecule has 1 N–H and O–H groups in total. The molecule has 1 aromatic carbocycles. The number of carbonyl (C=O) groups excluding carboxylic acids is 2. The molecular weight excluding hydrogens is 604 g/mol. The summed E-state index contributed by atoms with van der Waals surface area (Å²) in [6.07, 6.45) is 4.60. The minimum Gasteiger partial charge on any atom is -0.459 e. The number of nitrogens with zero attached hydrogens (tertiary/aromatic N) is 3. The van der Waals surface area contributed by atoms with Crippen molar-refractivity contribution in [2.24, 2.45) is 5.92 Å². The lowest BCUT2D eigenvalue weighted by Crippen LogP contribution is -2.42. The predicted octanol–water partition coefficient (Wildman–Crippen LogP) is 6.51. The Morgan fingerprint density at radius 2 is 1.59 bits per heavy atom. The summed E-state index contributed by atoms with van der Waals surface area (Å²) in [6.45, 7) is 14.4. The second-order valence-corrected chi connectivity index (χ2v) is 15.9. The van der Waals surface area contributed by atoms with E-state index in [-0.39, 0.29) is 22.5 Å². The number of benzene rings is 1. The molecule has 1 unspecified atom stereocenters. The quantitative estimate of drug-likeness (QED) is 0.233. The monoisotopic (exact) mass is 650 g/mol. The lowest BCUT2D eigenvalue weighted by atomic mass is 9.84. The zero-order chi connectivity index (χ0) is 33.9. The van der Waals surface area contributed by atoms with Crippen LogP contribution in [0.1, 0.15) is 91.1 Å². The molecule has 0 spiro atoms. The van der Waals surface area contributed by atoms with E-state index >= 15 is 0 Å². The molecule has 11 heteroatoms. The maximum atomic E-state index is 13.5. The Morgan fingerprint density at radius 1 is 0.935 bits per heavy atom. The number of amides is 1. The third-order valence-corrected chi connectivity index (χ3v) is 9.27. The van der Waals surface area contributed by atoms with Crippen LogP contribution >= 0.6 is 0 Å². The Kier molecular flexibility index (Phi) is 10.3. The average Bonchev–Trinajstić information content (AvgIpc) is 3.77. The summed E-state index contributed by atoms with van der Waals surface area (Å²) in [5.41, 5.74) is 1.14. The van der Waals surface area contributed by atoms with E-state index in [0.29, 0.717) is 11.6 Å². The first-order chi connectivity index (χ1) is 21.4. The van der Waals surface area contributed by atoms with Gasteiger partial charge in [-0.15, -0.1) is 0 Å². The van der Waals surface area contributed by atoms with Crippen LogP contribution in [0.4, 0.5) is 10.6 Å². The fourth-order valence-electron chi connectivity index (χ4n) is 5.35. The van der Waals surface area contributed by atoms with Crippen molar-refractivity contribution in [3.63, 3.8) is 0 Å². The van der Waals surface area contributed by atoms with Gasteiger partial charge in [0.05, 0.1) is 11.7 Å². The van der Waals surface area contributed by atoms with Crippen molar-refractivity contribution in [1.29, 1.82) is 0 Å². The first-order valence-electron chi connectivity index (χ1n) is 15.6. The third kappa shape index (κ3) is 9.13. The lowest BCUT2D eigenvalue weighted by molar-refractivity contribution is -0.153. The summed E-state index contributed by atoms with van der Waals surface area (Å²) in [5, 5.41) is 0. The second kappa shape index (κ2) is 13.5. The first kappa shape index (κ1) is 35.0. The Bertz CT molecular complexity index is 1620. The van der Waals surface area contributed by atoms with Gasteiger partial charge in [0.1, 0.15) is 28.5 Å². The molecule has 1 aliphatic rings. The third-order valence-electron chi connectivity index (χ3n) is 7.82. The molecule has 1 saturated carbocycles.